The summed E-state index contributed by atoms with van der Waals surface area (Å²) in [6.07, 6.45) is 2.48. The number of quaternary nitrogens is 1. The van der Waals surface area contributed by atoms with Crippen LogP contribution in [0.4, 0.5) is 5.13 Å². The summed E-state index contributed by atoms with van der Waals surface area (Å²) in [7, 11) is 2.25. The molecule has 2 aromatic rings. The summed E-state index contributed by atoms with van der Waals surface area (Å²) < 4.78 is 1.87. The Hall–Kier alpha value is -2.66. The molecule has 0 saturated carbocycles. The predicted octanol–water partition coefficient (Wildman–Crippen LogP) is 1.63. The Bertz CT molecular complexity index is 1330. The van der Waals surface area contributed by atoms with E-state index in [1.807, 2.05) is 0 Å². The Labute approximate surface area is 234 Å². The predicted molar refractivity (Wildman–Crippen MR) is 146 cm³/mol. The third-order valence-electron chi connectivity index (χ3n) is 6.71. The van der Waals surface area contributed by atoms with Gasteiger partial charge in [-0.05, 0) is 5.57 Å². The molecule has 3 aliphatic rings. The maximum Gasteiger partial charge on any atom is 0.352 e. The zero-order chi connectivity index (χ0) is 27.0. The van der Waals surface area contributed by atoms with Gasteiger partial charge < -0.3 is 25.8 Å². The van der Waals surface area contributed by atoms with Crippen molar-refractivity contribution in [3.63, 3.8) is 0 Å². The van der Waals surface area contributed by atoms with Gasteiger partial charge in [0.15, 0.2) is 15.2 Å². The van der Waals surface area contributed by atoms with E-state index in [1.54, 1.807) is 11.3 Å². The lowest BCUT2D eigenvalue weighted by Gasteiger charge is -2.49. The zero-order valence-corrected chi connectivity index (χ0v) is 23.6. The van der Waals surface area contributed by atoms with E-state index in [0.29, 0.717) is 17.1 Å². The Balaban J connectivity index is 1.24. The van der Waals surface area contributed by atoms with Gasteiger partial charge in [0.1, 0.15) is 35.0 Å². The van der Waals surface area contributed by atoms with Crippen molar-refractivity contribution in [2.45, 2.75) is 35.1 Å². The van der Waals surface area contributed by atoms with Gasteiger partial charge in [-0.2, -0.15) is 0 Å². The highest BCUT2D eigenvalue weighted by atomic mass is 32.2. The number of rotatable bonds is 9. The van der Waals surface area contributed by atoms with Gasteiger partial charge in [0.25, 0.3) is 11.8 Å². The summed E-state index contributed by atoms with van der Waals surface area (Å²) in [5.74, 6) is -1.74. The van der Waals surface area contributed by atoms with Crippen molar-refractivity contribution in [1.29, 1.82) is 0 Å². The Morgan fingerprint density at radius 2 is 2.05 bits per heavy atom. The Morgan fingerprint density at radius 1 is 1.29 bits per heavy atom. The van der Waals surface area contributed by atoms with Crippen LogP contribution in [0.15, 0.2) is 31.5 Å². The number of thioether (sulfide) groups is 2. The molecule has 2 saturated heterocycles. The van der Waals surface area contributed by atoms with Crippen LogP contribution < -0.4 is 11.1 Å². The number of nitrogen functional groups attached to an aromatic ring is 1. The number of carboxylic acid groups (broad SMARTS) is 1. The number of hydrogen-bond donors (Lipinski definition) is 4. The molecule has 2 amide bonds. The summed E-state index contributed by atoms with van der Waals surface area (Å²) in [5, 5.41) is 27.9. The first-order valence-corrected chi connectivity index (χ1v) is 15.5. The van der Waals surface area contributed by atoms with E-state index in [4.69, 9.17) is 10.7 Å². The summed E-state index contributed by atoms with van der Waals surface area (Å²) in [6.45, 7) is 3.21. The molecule has 0 aliphatic carbocycles. The minimum absolute atomic E-state index is 0.0491. The Kier molecular flexibility index (Phi) is 7.68. The fourth-order valence-electron chi connectivity index (χ4n) is 4.84. The number of oxime groups is 1. The molecular weight excluding hydrogens is 571 g/mol. The summed E-state index contributed by atoms with van der Waals surface area (Å²) in [5.41, 5.74) is 6.93. The lowest BCUT2D eigenvalue weighted by atomic mass is 10.0. The number of hydrogen-bond acceptors (Lipinski definition) is 12. The second-order valence-electron chi connectivity index (χ2n) is 9.46. The van der Waals surface area contributed by atoms with Crippen LogP contribution >= 0.6 is 46.2 Å². The van der Waals surface area contributed by atoms with Crippen LogP contribution in [0.5, 0.6) is 0 Å². The number of amides is 2. The third-order valence-corrected chi connectivity index (χ3v) is 10.9. The minimum Gasteiger partial charge on any atom is -0.477 e. The quantitative estimate of drug-likeness (QED) is 0.0833. The number of anilines is 1. The second-order valence-corrected chi connectivity index (χ2v) is 13.5. The maximum absolute atomic E-state index is 13.0. The normalized spacial score (nSPS) is 22.8. The van der Waals surface area contributed by atoms with Crippen LogP contribution in [0.2, 0.25) is 0 Å². The number of fused-ring (bicyclic) bond motifs is 1. The van der Waals surface area contributed by atoms with Crippen LogP contribution in [0, 0.1) is 0 Å². The molecule has 2 fully saturated rings. The average molecular weight is 597 g/mol. The number of nitrogens with two attached hydrogens (primary N) is 1. The van der Waals surface area contributed by atoms with Crippen molar-refractivity contribution in [3.8, 4) is 0 Å². The van der Waals surface area contributed by atoms with Crippen LogP contribution in [-0.2, 0) is 20.9 Å². The van der Waals surface area contributed by atoms with Gasteiger partial charge in [0.2, 0.25) is 0 Å². The first kappa shape index (κ1) is 26.9. The molecule has 0 radical (unpaired) electrons. The standard InChI is InChI=1S/C22H25N7O5S4/c1-29(4-2-3-5-29)6-12-9-38-22(24-12)37-8-11-7-35-19-15(18(31)28(19)16(11)20(32)33)26-17(30)14(27-34)13-10-36-21(23)25-13/h9-10,15,19H,2-8H2,1H3,(H4-,23,25,26,30,32,33,34)/p+1/t15-,19?/m1/s1. The topological polar surface area (TPSA) is 171 Å². The first-order valence-electron chi connectivity index (χ1n) is 11.7. The van der Waals surface area contributed by atoms with E-state index < -0.39 is 29.2 Å². The summed E-state index contributed by atoms with van der Waals surface area (Å²) >= 11 is 5.47. The van der Waals surface area contributed by atoms with Crippen LogP contribution in [-0.4, -0.2) is 96.2 Å². The molecule has 5 rings (SSSR count). The lowest BCUT2D eigenvalue weighted by Crippen LogP contribution is -2.71. The molecule has 38 heavy (non-hydrogen) atoms. The molecule has 5 N–H and O–H groups in total. The number of likely N-dealkylation sites (tertiary alicyclic amines) is 1. The van der Waals surface area contributed by atoms with Crippen molar-refractivity contribution in [2.75, 3.05) is 37.4 Å². The van der Waals surface area contributed by atoms with Crippen molar-refractivity contribution >= 4 is 74.8 Å². The van der Waals surface area contributed by atoms with Gasteiger partial charge in [-0.1, -0.05) is 16.9 Å². The van der Waals surface area contributed by atoms with Gasteiger partial charge in [-0.25, -0.2) is 14.8 Å². The van der Waals surface area contributed by atoms with Gasteiger partial charge >= 0.3 is 5.97 Å². The van der Waals surface area contributed by atoms with E-state index in [0.717, 1.165) is 45.5 Å². The average Bonchev–Trinajstić information content (AvgIpc) is 3.63. The molecule has 16 heteroatoms. The van der Waals surface area contributed by atoms with Crippen molar-refractivity contribution in [1.82, 2.24) is 20.2 Å². The van der Waals surface area contributed by atoms with Gasteiger partial charge in [-0.3, -0.25) is 14.5 Å². The van der Waals surface area contributed by atoms with Crippen molar-refractivity contribution in [3.05, 3.63) is 33.4 Å². The third kappa shape index (κ3) is 5.27. The van der Waals surface area contributed by atoms with Gasteiger partial charge in [0.05, 0.1) is 20.1 Å². The molecule has 5 heterocycles. The molecule has 202 valence electrons. The van der Waals surface area contributed by atoms with E-state index in [1.165, 1.54) is 46.6 Å². The SMILES string of the molecule is C[N+]1(Cc2csc(SCC3=C(C(=O)O)N4C(=O)[C@@H](NC(=O)/C(=N\O)c5csc(N)n5)C4SC3)n2)CCCC1. The number of carboxylic acids is 1. The van der Waals surface area contributed by atoms with E-state index in [9.17, 15) is 24.7 Å². The number of nitrogens with one attached hydrogen (secondary N) is 1. The molecule has 12 nitrogen and oxygen atoms in total. The number of carbonyl (C=O) groups excluding carboxylic acids is 2. The molecule has 0 spiro atoms. The first-order chi connectivity index (χ1) is 18.2. The van der Waals surface area contributed by atoms with Gasteiger partial charge in [-0.15, -0.1) is 34.4 Å². The Morgan fingerprint density at radius 3 is 2.71 bits per heavy atom. The minimum atomic E-state index is -1.19. The van der Waals surface area contributed by atoms with E-state index >= 15 is 0 Å². The monoisotopic (exact) mass is 596 g/mol. The largest absolute Gasteiger partial charge is 0.477 e. The molecule has 3 aliphatic heterocycles. The molecule has 0 bridgehead atoms. The highest BCUT2D eigenvalue weighted by Gasteiger charge is 2.54. The fraction of sp³-hybridized carbons (Fsp3) is 0.455. The highest BCUT2D eigenvalue weighted by Crippen LogP contribution is 2.42. The van der Waals surface area contributed by atoms with Crippen LogP contribution in [0.25, 0.3) is 0 Å². The van der Waals surface area contributed by atoms with Crippen LogP contribution in [0.1, 0.15) is 24.2 Å². The summed E-state index contributed by atoms with van der Waals surface area (Å²) in [6, 6.07) is -0.958. The molecule has 2 aromatic heterocycles. The number of nitrogens with zero attached hydrogens (tertiary/aromatic N) is 5. The summed E-state index contributed by atoms with van der Waals surface area (Å²) in [4.78, 5) is 47.7. The molecule has 2 atom stereocenters. The van der Waals surface area contributed by atoms with Crippen molar-refractivity contribution < 1.29 is 29.2 Å². The number of carbonyl (C=O) groups is 3. The van der Waals surface area contributed by atoms with E-state index in [-0.39, 0.29) is 22.2 Å². The number of aromatic nitrogens is 2. The van der Waals surface area contributed by atoms with Gasteiger partial charge in [0, 0.05) is 35.1 Å². The smallest absolute Gasteiger partial charge is 0.352 e. The fourth-order valence-corrected chi connectivity index (χ4v) is 8.71. The second kappa shape index (κ2) is 10.8. The van der Waals surface area contributed by atoms with Crippen molar-refractivity contribution in [2.24, 2.45) is 5.16 Å². The highest BCUT2D eigenvalue weighted by molar-refractivity contribution is 8.01. The lowest BCUT2D eigenvalue weighted by molar-refractivity contribution is -0.911. The molecule has 0 aromatic carbocycles. The number of thiazole rings is 2. The van der Waals surface area contributed by atoms with E-state index in [2.05, 4.69) is 27.9 Å². The zero-order valence-electron chi connectivity index (χ0n) is 20.3. The number of β-lactam (4-membered cyclic amide) rings is 1. The number of aliphatic carboxylic acids is 1. The van der Waals surface area contributed by atoms with Crippen LogP contribution in [0.3, 0.4) is 0 Å². The molecular formula is C22H26N7O5S4+. The molecule has 1 unspecified atom stereocenters. The maximum atomic E-state index is 13.0.